The normalized spacial score (nSPS) is 18.4. The van der Waals surface area contributed by atoms with Gasteiger partial charge in [-0.05, 0) is 62.1 Å². The molecule has 0 radical (unpaired) electrons. The fourth-order valence-electron chi connectivity index (χ4n) is 3.56. The Labute approximate surface area is 164 Å². The van der Waals surface area contributed by atoms with Crippen LogP contribution in [0.3, 0.4) is 0 Å². The molecule has 4 nitrogen and oxygen atoms in total. The fourth-order valence-corrected chi connectivity index (χ4v) is 3.76. The van der Waals surface area contributed by atoms with Crippen LogP contribution in [0.2, 0.25) is 5.02 Å². The lowest BCUT2D eigenvalue weighted by Gasteiger charge is -2.45. The Hall–Kier alpha value is -2.40. The van der Waals surface area contributed by atoms with Gasteiger partial charge in [0.25, 0.3) is 5.91 Å². The topological polar surface area (TPSA) is 44.7 Å². The molecule has 6 heteroatoms. The maximum atomic E-state index is 13.2. The average Bonchev–Trinajstić information content (AvgIpc) is 2.60. The number of hydrogen-bond donors (Lipinski definition) is 1. The lowest BCUT2D eigenvalue weighted by atomic mass is 9.80. The SMILES string of the molecule is C[C@H]1CC(C)(C)N(C)c2cc(Cl)c(/C=N\NC(=O)c3cccc(F)c3)cc21. The molecule has 1 atom stereocenters. The molecule has 0 saturated carbocycles. The van der Waals surface area contributed by atoms with Gasteiger partial charge in [0.1, 0.15) is 5.82 Å². The van der Waals surface area contributed by atoms with Crippen molar-refractivity contribution in [2.75, 3.05) is 11.9 Å². The molecular weight excluding hydrogens is 365 g/mol. The molecule has 0 saturated heterocycles. The molecule has 0 aromatic heterocycles. The Balaban J connectivity index is 1.81. The Morgan fingerprint density at radius 1 is 1.37 bits per heavy atom. The van der Waals surface area contributed by atoms with Crippen LogP contribution >= 0.6 is 11.6 Å². The van der Waals surface area contributed by atoms with Crippen LogP contribution in [0.25, 0.3) is 0 Å². The second kappa shape index (κ2) is 7.31. The van der Waals surface area contributed by atoms with Crippen molar-refractivity contribution in [3.63, 3.8) is 0 Å². The van der Waals surface area contributed by atoms with E-state index in [1.165, 1.54) is 30.0 Å². The summed E-state index contributed by atoms with van der Waals surface area (Å²) in [5, 5.41) is 4.55. The van der Waals surface area contributed by atoms with E-state index in [2.05, 4.69) is 43.2 Å². The van der Waals surface area contributed by atoms with Gasteiger partial charge in [0.2, 0.25) is 0 Å². The molecule has 3 rings (SSSR count). The smallest absolute Gasteiger partial charge is 0.271 e. The highest BCUT2D eigenvalue weighted by molar-refractivity contribution is 6.33. The number of benzene rings is 2. The number of nitrogens with one attached hydrogen (secondary N) is 1. The van der Waals surface area contributed by atoms with Crippen molar-refractivity contribution in [3.8, 4) is 0 Å². The molecule has 0 fully saturated rings. The molecule has 1 N–H and O–H groups in total. The highest BCUT2D eigenvalue weighted by Crippen LogP contribution is 2.44. The van der Waals surface area contributed by atoms with Crippen LogP contribution in [0.1, 0.15) is 54.6 Å². The number of carbonyl (C=O) groups is 1. The standard InChI is InChI=1S/C21H23ClFN3O/c1-13-11-21(2,3)26(4)19-10-18(22)15(9-17(13)19)12-24-25-20(27)14-6-5-7-16(23)8-14/h5-10,12-13H,11H2,1-4H3,(H,25,27)/b24-12-/t13-/m0/s1. The highest BCUT2D eigenvalue weighted by atomic mass is 35.5. The third kappa shape index (κ3) is 3.98. The predicted octanol–water partition coefficient (Wildman–Crippen LogP) is 4.97. The van der Waals surface area contributed by atoms with Crippen LogP contribution < -0.4 is 10.3 Å². The number of hydrazone groups is 1. The van der Waals surface area contributed by atoms with E-state index in [1.54, 1.807) is 0 Å². The number of nitrogens with zero attached hydrogens (tertiary/aromatic N) is 2. The molecule has 142 valence electrons. The first-order chi connectivity index (χ1) is 12.7. The van der Waals surface area contributed by atoms with Gasteiger partial charge in [-0.15, -0.1) is 0 Å². The Kier molecular flexibility index (Phi) is 5.24. The van der Waals surface area contributed by atoms with Crippen molar-refractivity contribution in [2.24, 2.45) is 5.10 Å². The van der Waals surface area contributed by atoms with E-state index < -0.39 is 11.7 Å². The van der Waals surface area contributed by atoms with E-state index in [9.17, 15) is 9.18 Å². The fraction of sp³-hybridized carbons (Fsp3) is 0.333. The number of rotatable bonds is 3. The average molecular weight is 388 g/mol. The number of anilines is 1. The van der Waals surface area contributed by atoms with E-state index in [1.807, 2.05) is 12.1 Å². The minimum absolute atomic E-state index is 0.0598. The Morgan fingerprint density at radius 3 is 2.81 bits per heavy atom. The summed E-state index contributed by atoms with van der Waals surface area (Å²) in [6, 6.07) is 9.42. The van der Waals surface area contributed by atoms with Crippen LogP contribution in [0.15, 0.2) is 41.5 Å². The van der Waals surface area contributed by atoms with Crippen LogP contribution in [0.5, 0.6) is 0 Å². The van der Waals surface area contributed by atoms with E-state index in [0.717, 1.165) is 23.7 Å². The van der Waals surface area contributed by atoms with Gasteiger partial charge in [-0.25, -0.2) is 9.82 Å². The van der Waals surface area contributed by atoms with E-state index >= 15 is 0 Å². The molecule has 0 bridgehead atoms. The van der Waals surface area contributed by atoms with Gasteiger partial charge in [0.05, 0.1) is 11.2 Å². The quantitative estimate of drug-likeness (QED) is 0.597. The zero-order valence-corrected chi connectivity index (χ0v) is 16.6. The van der Waals surface area contributed by atoms with Gasteiger partial charge in [0, 0.05) is 29.4 Å². The lowest BCUT2D eigenvalue weighted by Crippen LogP contribution is -2.45. The minimum Gasteiger partial charge on any atom is -0.369 e. The first-order valence-electron chi connectivity index (χ1n) is 8.85. The summed E-state index contributed by atoms with van der Waals surface area (Å²) in [4.78, 5) is 14.3. The predicted molar refractivity (Wildman–Crippen MR) is 108 cm³/mol. The zero-order valence-electron chi connectivity index (χ0n) is 15.9. The molecule has 1 heterocycles. The van der Waals surface area contributed by atoms with Crippen molar-refractivity contribution >= 4 is 29.4 Å². The number of hydrogen-bond acceptors (Lipinski definition) is 3. The molecule has 0 aliphatic carbocycles. The molecule has 27 heavy (non-hydrogen) atoms. The number of fused-ring (bicyclic) bond motifs is 1. The third-order valence-corrected chi connectivity index (χ3v) is 5.54. The number of amides is 1. The van der Waals surface area contributed by atoms with Crippen molar-refractivity contribution in [1.29, 1.82) is 0 Å². The molecule has 1 amide bonds. The monoisotopic (exact) mass is 387 g/mol. The molecule has 1 aliphatic heterocycles. The lowest BCUT2D eigenvalue weighted by molar-refractivity contribution is 0.0954. The molecule has 1 aliphatic rings. The van der Waals surface area contributed by atoms with Crippen molar-refractivity contribution in [3.05, 3.63) is 63.9 Å². The van der Waals surface area contributed by atoms with E-state index in [4.69, 9.17) is 11.6 Å². The van der Waals surface area contributed by atoms with Crippen LogP contribution in [-0.2, 0) is 0 Å². The first kappa shape index (κ1) is 19.4. The van der Waals surface area contributed by atoms with Gasteiger partial charge >= 0.3 is 0 Å². The summed E-state index contributed by atoms with van der Waals surface area (Å²) in [6.07, 6.45) is 2.55. The summed E-state index contributed by atoms with van der Waals surface area (Å²) in [6.45, 7) is 6.64. The molecule has 2 aromatic carbocycles. The second-order valence-electron chi connectivity index (χ2n) is 7.62. The van der Waals surface area contributed by atoms with Crippen molar-refractivity contribution in [2.45, 2.75) is 38.6 Å². The van der Waals surface area contributed by atoms with Crippen molar-refractivity contribution < 1.29 is 9.18 Å². The van der Waals surface area contributed by atoms with Crippen molar-refractivity contribution in [1.82, 2.24) is 5.43 Å². The first-order valence-corrected chi connectivity index (χ1v) is 9.23. The maximum absolute atomic E-state index is 13.2. The number of carbonyl (C=O) groups excluding carboxylic acids is 1. The summed E-state index contributed by atoms with van der Waals surface area (Å²) in [7, 11) is 2.08. The third-order valence-electron chi connectivity index (χ3n) is 5.21. The molecular formula is C21H23ClFN3O. The summed E-state index contributed by atoms with van der Waals surface area (Å²) < 4.78 is 13.2. The summed E-state index contributed by atoms with van der Waals surface area (Å²) in [5.41, 5.74) is 5.73. The van der Waals surface area contributed by atoms with Crippen LogP contribution in [0.4, 0.5) is 10.1 Å². The summed E-state index contributed by atoms with van der Waals surface area (Å²) >= 11 is 6.44. The summed E-state index contributed by atoms with van der Waals surface area (Å²) in [5.74, 6) is -0.558. The van der Waals surface area contributed by atoms with Crippen LogP contribution in [-0.4, -0.2) is 24.7 Å². The van der Waals surface area contributed by atoms with E-state index in [0.29, 0.717) is 10.9 Å². The van der Waals surface area contributed by atoms with Crippen LogP contribution in [0, 0.1) is 5.82 Å². The maximum Gasteiger partial charge on any atom is 0.271 e. The Bertz CT molecular complexity index is 910. The minimum atomic E-state index is -0.477. The van der Waals surface area contributed by atoms with Gasteiger partial charge in [-0.3, -0.25) is 4.79 Å². The van der Waals surface area contributed by atoms with E-state index in [-0.39, 0.29) is 11.1 Å². The zero-order chi connectivity index (χ0) is 19.8. The molecule has 2 aromatic rings. The Morgan fingerprint density at radius 2 is 2.11 bits per heavy atom. The van der Waals surface area contributed by atoms with Gasteiger partial charge in [-0.1, -0.05) is 24.6 Å². The second-order valence-corrected chi connectivity index (χ2v) is 8.03. The number of halogens is 2. The van der Waals surface area contributed by atoms with Gasteiger partial charge in [0.15, 0.2) is 0 Å². The van der Waals surface area contributed by atoms with Gasteiger partial charge in [-0.2, -0.15) is 5.10 Å². The largest absolute Gasteiger partial charge is 0.369 e. The van der Waals surface area contributed by atoms with Gasteiger partial charge < -0.3 is 4.90 Å². The molecule has 0 unspecified atom stereocenters. The highest BCUT2D eigenvalue weighted by Gasteiger charge is 2.34. The molecule has 0 spiro atoms.